The van der Waals surface area contributed by atoms with Crippen molar-refractivity contribution in [2.75, 3.05) is 19.8 Å². The van der Waals surface area contributed by atoms with Gasteiger partial charge in [-0.1, -0.05) is 20.8 Å². The second-order valence-corrected chi connectivity index (χ2v) is 2.17. The average Bonchev–Trinajstić information content (AvgIpc) is 2.18. The maximum Gasteiger partial charge on any atom is 0.0428 e. The monoisotopic (exact) mass is 333 g/mol. The maximum atomic E-state index is 7.88. The molecule has 0 heterocycles. The largest absolute Gasteiger partial charge is 0.396 e. The van der Waals surface area contributed by atoms with E-state index in [1.165, 1.54) is 0 Å². The molecule has 0 aromatic carbocycles. The molecule has 0 saturated carbocycles. The Morgan fingerprint density at radius 1 is 0.615 bits per heavy atom. The van der Waals surface area contributed by atoms with E-state index in [4.69, 9.17) is 15.3 Å². The molecule has 0 unspecified atom stereocenters. The zero-order valence-corrected chi connectivity index (χ0v) is 11.4. The van der Waals surface area contributed by atoms with Gasteiger partial charge in [-0.3, -0.25) is 0 Å². The van der Waals surface area contributed by atoms with Gasteiger partial charge < -0.3 is 15.3 Å². The normalized spacial score (nSPS) is 6.92. The fourth-order valence-corrected chi connectivity index (χ4v) is 0. The van der Waals surface area contributed by atoms with E-state index in [0.29, 0.717) is 19.8 Å². The summed E-state index contributed by atoms with van der Waals surface area (Å²) in [5.74, 6) is 0. The summed E-state index contributed by atoms with van der Waals surface area (Å²) >= 11 is 0. The van der Waals surface area contributed by atoms with Crippen molar-refractivity contribution in [1.29, 1.82) is 0 Å². The summed E-state index contributed by atoms with van der Waals surface area (Å²) < 4.78 is 0. The minimum atomic E-state index is 0. The first kappa shape index (κ1) is 23.9. The summed E-state index contributed by atoms with van der Waals surface area (Å²) in [5.41, 5.74) is 0. The fraction of sp³-hybridized carbons (Fsp3) is 1.00. The van der Waals surface area contributed by atoms with Gasteiger partial charge in [0.15, 0.2) is 0 Å². The van der Waals surface area contributed by atoms with Gasteiger partial charge in [-0.2, -0.15) is 0 Å². The molecule has 0 rings (SSSR count). The van der Waals surface area contributed by atoms with Crippen LogP contribution in [0.15, 0.2) is 0 Å². The van der Waals surface area contributed by atoms with Crippen molar-refractivity contribution in [2.24, 2.45) is 0 Å². The van der Waals surface area contributed by atoms with E-state index in [1.54, 1.807) is 0 Å². The van der Waals surface area contributed by atoms with Crippen LogP contribution in [-0.2, 0) is 0 Å². The summed E-state index contributed by atoms with van der Waals surface area (Å²) in [5, 5.41) is 23.6. The van der Waals surface area contributed by atoms with Gasteiger partial charge in [-0.05, 0) is 19.3 Å². The summed E-state index contributed by atoms with van der Waals surface area (Å²) in [6, 6.07) is 0. The fourth-order valence-electron chi connectivity index (χ4n) is 0. The van der Waals surface area contributed by atoms with Crippen molar-refractivity contribution < 1.29 is 64.7 Å². The summed E-state index contributed by atoms with van der Waals surface area (Å²) in [7, 11) is 0. The number of aliphatic hydroxyl groups excluding tert-OH is 3. The first-order valence-corrected chi connectivity index (χ1v) is 4.57. The Morgan fingerprint density at radius 3 is 0.692 bits per heavy atom. The van der Waals surface area contributed by atoms with Crippen LogP contribution in [0.5, 0.6) is 0 Å². The van der Waals surface area contributed by atoms with E-state index in [-0.39, 0.29) is 49.4 Å². The predicted octanol–water partition coefficient (Wildman–Crippen LogP) is 1.17. The zero-order valence-electron chi connectivity index (χ0n) is 8.96. The van der Waals surface area contributed by atoms with Gasteiger partial charge in [-0.15, -0.1) is 0 Å². The molecule has 3 N–H and O–H groups in total. The molecule has 0 spiro atoms. The number of rotatable bonds is 3. The van der Waals surface area contributed by atoms with Crippen LogP contribution in [0.2, 0.25) is 0 Å². The van der Waals surface area contributed by atoms with Crippen molar-refractivity contribution in [3.05, 3.63) is 0 Å². The van der Waals surface area contributed by atoms with Crippen molar-refractivity contribution >= 4 is 0 Å². The first-order valence-electron chi connectivity index (χ1n) is 4.57. The zero-order chi connectivity index (χ0) is 10.2. The molecule has 0 aliphatic heterocycles. The molecule has 0 saturated heterocycles. The summed E-state index contributed by atoms with van der Waals surface area (Å²) in [6.45, 7) is 6.75. The molecular formula is C9H24EuO3. The topological polar surface area (TPSA) is 60.7 Å². The van der Waals surface area contributed by atoms with E-state index in [9.17, 15) is 0 Å². The van der Waals surface area contributed by atoms with Crippen LogP contribution in [0.3, 0.4) is 0 Å². The van der Waals surface area contributed by atoms with Crippen molar-refractivity contribution in [3.8, 4) is 0 Å². The van der Waals surface area contributed by atoms with Crippen LogP contribution in [0, 0.1) is 49.4 Å². The van der Waals surface area contributed by atoms with Crippen LogP contribution >= 0.6 is 0 Å². The van der Waals surface area contributed by atoms with Gasteiger partial charge in [0, 0.05) is 69.2 Å². The maximum absolute atomic E-state index is 7.88. The Bertz CT molecular complexity index is 30.3. The molecular weight excluding hydrogens is 308 g/mol. The molecule has 0 amide bonds. The van der Waals surface area contributed by atoms with E-state index in [1.807, 2.05) is 20.8 Å². The molecule has 0 atom stereocenters. The van der Waals surface area contributed by atoms with Crippen molar-refractivity contribution in [3.63, 3.8) is 0 Å². The molecule has 0 aliphatic rings. The van der Waals surface area contributed by atoms with Gasteiger partial charge in [0.05, 0.1) is 0 Å². The van der Waals surface area contributed by atoms with Gasteiger partial charge in [0.25, 0.3) is 0 Å². The minimum Gasteiger partial charge on any atom is -0.396 e. The number of aliphatic hydroxyl groups is 3. The SMILES string of the molecule is CCCO.CCCO.CCCO.[Eu]. The number of hydrogen-bond acceptors (Lipinski definition) is 3. The van der Waals surface area contributed by atoms with Crippen LogP contribution in [0.4, 0.5) is 0 Å². The molecule has 13 heavy (non-hydrogen) atoms. The second kappa shape index (κ2) is 37.5. The standard InChI is InChI=1S/3C3H8O.Eu/c3*1-2-3-4;/h3*4H,2-3H2,1H3;. The molecule has 4 heteroatoms. The van der Waals surface area contributed by atoms with Gasteiger partial charge >= 0.3 is 0 Å². The van der Waals surface area contributed by atoms with Crippen LogP contribution in [-0.4, -0.2) is 35.1 Å². The molecule has 1 radical (unpaired) electrons. The van der Waals surface area contributed by atoms with E-state index in [2.05, 4.69) is 0 Å². The Kier molecular flexibility index (Phi) is 69.2. The third-order valence-electron chi connectivity index (χ3n) is 0.671. The summed E-state index contributed by atoms with van der Waals surface area (Å²) in [6.07, 6.45) is 2.62. The second-order valence-electron chi connectivity index (χ2n) is 2.17. The van der Waals surface area contributed by atoms with E-state index >= 15 is 0 Å². The molecule has 0 aromatic rings. The third-order valence-corrected chi connectivity index (χ3v) is 0.671. The average molecular weight is 332 g/mol. The van der Waals surface area contributed by atoms with Crippen LogP contribution in [0.1, 0.15) is 40.0 Å². The molecule has 0 aromatic heterocycles. The minimum absolute atomic E-state index is 0. The first-order chi connectivity index (χ1) is 5.74. The number of hydrogen-bond donors (Lipinski definition) is 3. The van der Waals surface area contributed by atoms with Gasteiger partial charge in [0.1, 0.15) is 0 Å². The van der Waals surface area contributed by atoms with Crippen molar-refractivity contribution in [1.82, 2.24) is 0 Å². The van der Waals surface area contributed by atoms with Gasteiger partial charge in [0.2, 0.25) is 0 Å². The van der Waals surface area contributed by atoms with E-state index < -0.39 is 0 Å². The predicted molar refractivity (Wildman–Crippen MR) is 52.1 cm³/mol. The Balaban J connectivity index is -0.0000000450. The molecule has 0 bridgehead atoms. The Labute approximate surface area is 123 Å². The molecule has 0 aliphatic carbocycles. The quantitative estimate of drug-likeness (QED) is 0.727. The molecule has 3 nitrogen and oxygen atoms in total. The van der Waals surface area contributed by atoms with Crippen LogP contribution < -0.4 is 0 Å². The van der Waals surface area contributed by atoms with E-state index in [0.717, 1.165) is 19.3 Å². The van der Waals surface area contributed by atoms with Gasteiger partial charge in [-0.25, -0.2) is 0 Å². The molecule has 85 valence electrons. The summed E-state index contributed by atoms with van der Waals surface area (Å²) in [4.78, 5) is 0. The van der Waals surface area contributed by atoms with Crippen LogP contribution in [0.25, 0.3) is 0 Å². The van der Waals surface area contributed by atoms with Crippen molar-refractivity contribution in [2.45, 2.75) is 40.0 Å². The smallest absolute Gasteiger partial charge is 0.0428 e. The third kappa shape index (κ3) is 88.8. The molecule has 0 fully saturated rings. The Hall–Kier alpha value is 1.46. The Morgan fingerprint density at radius 2 is 0.692 bits per heavy atom.